The summed E-state index contributed by atoms with van der Waals surface area (Å²) in [6.07, 6.45) is 2.97. The van der Waals surface area contributed by atoms with Crippen molar-refractivity contribution in [2.45, 2.75) is 43.0 Å². The molecule has 0 saturated heterocycles. The lowest BCUT2D eigenvalue weighted by molar-refractivity contribution is 0.0999. The van der Waals surface area contributed by atoms with E-state index in [2.05, 4.69) is 4.72 Å². The number of carbonyl (C=O) groups is 1. The minimum atomic E-state index is -3.80. The van der Waals surface area contributed by atoms with Crippen LogP contribution in [0.5, 0.6) is 0 Å². The van der Waals surface area contributed by atoms with Crippen LogP contribution in [0, 0.1) is 6.92 Å². The molecule has 0 atom stereocenters. The molecule has 0 heterocycles. The second-order valence-corrected chi connectivity index (χ2v) is 7.27. The summed E-state index contributed by atoms with van der Waals surface area (Å²) in [6.45, 7) is 1.46. The molecule has 0 bridgehead atoms. The Morgan fingerprint density at radius 2 is 2.00 bits per heavy atom. The zero-order chi connectivity index (χ0) is 15.7. The fraction of sp³-hybridized carbons (Fsp3) is 0.500. The van der Waals surface area contributed by atoms with Crippen molar-refractivity contribution in [2.75, 3.05) is 6.61 Å². The van der Waals surface area contributed by atoms with Crippen molar-refractivity contribution in [1.29, 1.82) is 0 Å². The van der Waals surface area contributed by atoms with E-state index in [0.29, 0.717) is 18.4 Å². The van der Waals surface area contributed by atoms with Gasteiger partial charge in [0, 0.05) is 5.56 Å². The number of hydrogen-bond donors (Lipinski definition) is 3. The van der Waals surface area contributed by atoms with Crippen molar-refractivity contribution >= 4 is 15.9 Å². The monoisotopic (exact) mass is 312 g/mol. The van der Waals surface area contributed by atoms with Gasteiger partial charge in [-0.3, -0.25) is 4.79 Å². The van der Waals surface area contributed by atoms with Gasteiger partial charge in [0.25, 0.3) is 0 Å². The number of aryl methyl sites for hydroxylation is 1. The number of nitrogens with one attached hydrogen (secondary N) is 1. The molecule has 0 aromatic heterocycles. The number of amides is 1. The Morgan fingerprint density at radius 1 is 1.38 bits per heavy atom. The van der Waals surface area contributed by atoms with Gasteiger partial charge in [0.2, 0.25) is 15.9 Å². The van der Waals surface area contributed by atoms with Gasteiger partial charge >= 0.3 is 0 Å². The van der Waals surface area contributed by atoms with Gasteiger partial charge < -0.3 is 10.8 Å². The molecule has 0 aliphatic heterocycles. The van der Waals surface area contributed by atoms with E-state index in [1.165, 1.54) is 12.1 Å². The van der Waals surface area contributed by atoms with Crippen LogP contribution in [0.2, 0.25) is 0 Å². The van der Waals surface area contributed by atoms with Crippen molar-refractivity contribution in [3.63, 3.8) is 0 Å². The minimum Gasteiger partial charge on any atom is -0.394 e. The maximum atomic E-state index is 12.5. The summed E-state index contributed by atoms with van der Waals surface area (Å²) in [6, 6.07) is 4.26. The third-order valence-electron chi connectivity index (χ3n) is 4.00. The van der Waals surface area contributed by atoms with Crippen molar-refractivity contribution in [1.82, 2.24) is 4.72 Å². The fourth-order valence-corrected chi connectivity index (χ4v) is 4.20. The maximum absolute atomic E-state index is 12.5. The largest absolute Gasteiger partial charge is 0.394 e. The van der Waals surface area contributed by atoms with Crippen molar-refractivity contribution in [2.24, 2.45) is 5.73 Å². The molecule has 1 aromatic rings. The van der Waals surface area contributed by atoms with Crippen LogP contribution in [0.25, 0.3) is 0 Å². The number of primary amides is 1. The highest BCUT2D eigenvalue weighted by atomic mass is 32.2. The molecule has 1 saturated carbocycles. The molecule has 1 aromatic carbocycles. The first-order valence-electron chi connectivity index (χ1n) is 6.85. The van der Waals surface area contributed by atoms with E-state index >= 15 is 0 Å². The van der Waals surface area contributed by atoms with E-state index in [1.807, 2.05) is 0 Å². The lowest BCUT2D eigenvalue weighted by Crippen LogP contribution is -2.49. The van der Waals surface area contributed by atoms with E-state index in [4.69, 9.17) is 5.73 Å². The van der Waals surface area contributed by atoms with Gasteiger partial charge in [-0.1, -0.05) is 18.9 Å². The van der Waals surface area contributed by atoms with Gasteiger partial charge in [0.15, 0.2) is 0 Å². The summed E-state index contributed by atoms with van der Waals surface area (Å²) >= 11 is 0. The summed E-state index contributed by atoms with van der Waals surface area (Å²) in [5.74, 6) is -0.665. The number of carbonyl (C=O) groups excluding carboxylic acids is 1. The molecule has 1 aliphatic carbocycles. The molecule has 0 radical (unpaired) electrons. The smallest absolute Gasteiger partial charge is 0.249 e. The molecule has 2 rings (SSSR count). The zero-order valence-corrected chi connectivity index (χ0v) is 12.7. The first-order valence-corrected chi connectivity index (χ1v) is 8.33. The Morgan fingerprint density at radius 3 is 2.52 bits per heavy atom. The third-order valence-corrected chi connectivity index (χ3v) is 5.58. The Balaban J connectivity index is 2.36. The standard InChI is InChI=1S/C14H20N2O4S/c1-10-4-5-11(8-12(10)13(15)18)21(19,20)16-14(9-17)6-2-3-7-14/h4-5,8,16-17H,2-3,6-7,9H2,1H3,(H2,15,18). The van der Waals surface area contributed by atoms with Crippen molar-refractivity contribution < 1.29 is 18.3 Å². The average molecular weight is 312 g/mol. The summed E-state index contributed by atoms with van der Waals surface area (Å²) in [7, 11) is -3.80. The third kappa shape index (κ3) is 3.25. The van der Waals surface area contributed by atoms with Crippen LogP contribution in [-0.2, 0) is 10.0 Å². The second kappa shape index (κ2) is 5.75. The van der Waals surface area contributed by atoms with Gasteiger partial charge in [-0.05, 0) is 37.5 Å². The van der Waals surface area contributed by atoms with Crippen molar-refractivity contribution in [3.05, 3.63) is 29.3 Å². The van der Waals surface area contributed by atoms with E-state index in [9.17, 15) is 18.3 Å². The number of sulfonamides is 1. The molecular weight excluding hydrogens is 292 g/mol. The number of benzene rings is 1. The highest BCUT2D eigenvalue weighted by Gasteiger charge is 2.37. The summed E-state index contributed by atoms with van der Waals surface area (Å²) < 4.78 is 27.5. The van der Waals surface area contributed by atoms with Gasteiger partial charge in [-0.25, -0.2) is 13.1 Å². The molecular formula is C14H20N2O4S. The second-order valence-electron chi connectivity index (χ2n) is 5.59. The SMILES string of the molecule is Cc1ccc(S(=O)(=O)NC2(CO)CCCC2)cc1C(N)=O. The van der Waals surface area contributed by atoms with Gasteiger partial charge in [-0.2, -0.15) is 0 Å². The lowest BCUT2D eigenvalue weighted by Gasteiger charge is -2.27. The highest BCUT2D eigenvalue weighted by molar-refractivity contribution is 7.89. The van der Waals surface area contributed by atoms with Crippen LogP contribution in [-0.4, -0.2) is 31.6 Å². The van der Waals surface area contributed by atoms with E-state index in [0.717, 1.165) is 12.8 Å². The van der Waals surface area contributed by atoms with Crippen molar-refractivity contribution in [3.8, 4) is 0 Å². The van der Waals surface area contributed by atoms with E-state index in [-0.39, 0.29) is 17.1 Å². The molecule has 4 N–H and O–H groups in total. The number of aliphatic hydroxyl groups excluding tert-OH is 1. The molecule has 116 valence electrons. The molecule has 0 spiro atoms. The Kier molecular flexibility index (Phi) is 4.36. The Hall–Kier alpha value is -1.44. The minimum absolute atomic E-state index is 0.0124. The van der Waals surface area contributed by atoms with Crippen LogP contribution < -0.4 is 10.5 Å². The maximum Gasteiger partial charge on any atom is 0.249 e. The first-order chi connectivity index (χ1) is 9.80. The summed E-state index contributed by atoms with van der Waals surface area (Å²) in [5.41, 5.74) is 5.26. The van der Waals surface area contributed by atoms with Crippen LogP contribution in [0.4, 0.5) is 0 Å². The molecule has 0 unspecified atom stereocenters. The molecule has 6 nitrogen and oxygen atoms in total. The summed E-state index contributed by atoms with van der Waals surface area (Å²) in [5, 5.41) is 9.51. The zero-order valence-electron chi connectivity index (χ0n) is 11.9. The molecule has 1 amide bonds. The molecule has 7 heteroatoms. The van der Waals surface area contributed by atoms with Gasteiger partial charge in [-0.15, -0.1) is 0 Å². The van der Waals surface area contributed by atoms with E-state index < -0.39 is 21.5 Å². The Bertz CT molecular complexity index is 649. The van der Waals surface area contributed by atoms with Gasteiger partial charge in [0.05, 0.1) is 17.0 Å². The quantitative estimate of drug-likeness (QED) is 0.742. The van der Waals surface area contributed by atoms with Crippen LogP contribution in [0.3, 0.4) is 0 Å². The number of rotatable bonds is 5. The number of hydrogen-bond acceptors (Lipinski definition) is 4. The highest BCUT2D eigenvalue weighted by Crippen LogP contribution is 2.31. The predicted molar refractivity (Wildman–Crippen MR) is 78.3 cm³/mol. The topological polar surface area (TPSA) is 109 Å². The lowest BCUT2D eigenvalue weighted by atomic mass is 10.0. The van der Waals surface area contributed by atoms with E-state index in [1.54, 1.807) is 13.0 Å². The average Bonchev–Trinajstić information content (AvgIpc) is 2.87. The van der Waals surface area contributed by atoms with Crippen LogP contribution in [0.1, 0.15) is 41.6 Å². The normalized spacial score (nSPS) is 17.8. The summed E-state index contributed by atoms with van der Waals surface area (Å²) in [4.78, 5) is 11.3. The number of aliphatic hydroxyl groups is 1. The van der Waals surface area contributed by atoms with Crippen LogP contribution in [0.15, 0.2) is 23.1 Å². The fourth-order valence-electron chi connectivity index (χ4n) is 2.72. The molecule has 1 fully saturated rings. The first kappa shape index (κ1) is 15.9. The number of nitrogens with two attached hydrogens (primary N) is 1. The van der Waals surface area contributed by atoms with Gasteiger partial charge in [0.1, 0.15) is 0 Å². The molecule has 1 aliphatic rings. The Labute approximate surface area is 124 Å². The predicted octanol–water partition coefficient (Wildman–Crippen LogP) is 0.677. The molecule has 21 heavy (non-hydrogen) atoms. The van der Waals surface area contributed by atoms with Crippen LogP contribution >= 0.6 is 0 Å².